The Labute approximate surface area is 52.8 Å². The first kappa shape index (κ1) is 10.0. The number of terminal acetylenes is 1. The molecule has 38 valence electrons. The highest BCUT2D eigenvalue weighted by Crippen LogP contribution is 2.11. The van der Waals surface area contributed by atoms with E-state index in [0.29, 0.717) is 0 Å². The average molecular weight is 135 g/mol. The SMILES string of the molecule is C#CO[P+](=O)O.[AlH3]. The third-order valence-electron chi connectivity index (χ3n) is 0.131. The summed E-state index contributed by atoms with van der Waals surface area (Å²) in [7, 11) is -2.59. The van der Waals surface area contributed by atoms with Gasteiger partial charge < -0.3 is 0 Å². The van der Waals surface area contributed by atoms with Crippen molar-refractivity contribution in [2.45, 2.75) is 0 Å². The van der Waals surface area contributed by atoms with Gasteiger partial charge in [-0.1, -0.05) is 6.42 Å². The number of hydrogen-bond acceptors (Lipinski definition) is 2. The Hall–Kier alpha value is -0.0475. The Bertz CT molecular complexity index is 95.6. The molecule has 0 saturated heterocycles. The summed E-state index contributed by atoms with van der Waals surface area (Å²) < 4.78 is 13.0. The monoisotopic (exact) mass is 135 g/mol. The minimum Gasteiger partial charge on any atom is -0.173 e. The first-order chi connectivity index (χ1) is 2.77. The molecule has 7 heavy (non-hydrogen) atoms. The van der Waals surface area contributed by atoms with Crippen LogP contribution in [0.25, 0.3) is 0 Å². The minimum absolute atomic E-state index is 0. The van der Waals surface area contributed by atoms with Gasteiger partial charge in [0, 0.05) is 4.57 Å². The van der Waals surface area contributed by atoms with Gasteiger partial charge in [-0.3, -0.25) is 0 Å². The third-order valence-corrected chi connectivity index (χ3v) is 0.392. The predicted octanol–water partition coefficient (Wildman–Crippen LogP) is -0.941. The lowest BCUT2D eigenvalue weighted by Crippen LogP contribution is -1.57. The van der Waals surface area contributed by atoms with Crippen LogP contribution in [0.4, 0.5) is 0 Å². The molecule has 0 heterocycles. The maximum atomic E-state index is 9.38. The van der Waals surface area contributed by atoms with E-state index >= 15 is 0 Å². The van der Waals surface area contributed by atoms with Crippen molar-refractivity contribution in [1.29, 1.82) is 0 Å². The molecule has 1 N–H and O–H groups in total. The fraction of sp³-hybridized carbons (Fsp3) is 0. The maximum Gasteiger partial charge on any atom is 0.756 e. The Balaban J connectivity index is 0. The Morgan fingerprint density at radius 2 is 2.29 bits per heavy atom. The molecule has 0 fully saturated rings. The Morgan fingerprint density at radius 1 is 1.86 bits per heavy atom. The Morgan fingerprint density at radius 3 is 2.29 bits per heavy atom. The van der Waals surface area contributed by atoms with Gasteiger partial charge in [0.25, 0.3) is 0 Å². The molecule has 3 nitrogen and oxygen atoms in total. The van der Waals surface area contributed by atoms with E-state index in [0.717, 1.165) is 0 Å². The summed E-state index contributed by atoms with van der Waals surface area (Å²) >= 11 is 0. The fourth-order valence-corrected chi connectivity index (χ4v) is 0.135. The van der Waals surface area contributed by atoms with Crippen molar-refractivity contribution in [1.82, 2.24) is 0 Å². The summed E-state index contributed by atoms with van der Waals surface area (Å²) in [5, 5.41) is 0. The molecule has 0 radical (unpaired) electrons. The highest BCUT2D eigenvalue weighted by Gasteiger charge is 2.06. The van der Waals surface area contributed by atoms with Crippen molar-refractivity contribution < 1.29 is 14.0 Å². The molecule has 5 heteroatoms. The van der Waals surface area contributed by atoms with Crippen molar-refractivity contribution in [3.05, 3.63) is 0 Å². The highest BCUT2D eigenvalue weighted by molar-refractivity contribution is 7.32. The van der Waals surface area contributed by atoms with Crippen LogP contribution in [0.5, 0.6) is 0 Å². The smallest absolute Gasteiger partial charge is 0.173 e. The van der Waals surface area contributed by atoms with Gasteiger partial charge >= 0.3 is 8.25 Å². The second-order valence-corrected chi connectivity index (χ2v) is 1.11. The van der Waals surface area contributed by atoms with E-state index in [1.165, 1.54) is 6.11 Å². The van der Waals surface area contributed by atoms with Crippen molar-refractivity contribution in [3.8, 4) is 12.5 Å². The summed E-state index contributed by atoms with van der Waals surface area (Å²) in [5.41, 5.74) is 0. The first-order valence-electron chi connectivity index (χ1n) is 1.06. The molecule has 0 spiro atoms. The van der Waals surface area contributed by atoms with Crippen LogP contribution in [0, 0.1) is 12.5 Å². The highest BCUT2D eigenvalue weighted by atomic mass is 31.1. The molecular formula is C2H5AlO3P+. The third kappa shape index (κ3) is 10.7. The van der Waals surface area contributed by atoms with Gasteiger partial charge in [-0.05, 0) is 0 Å². The molecule has 0 aliphatic heterocycles. The molecule has 0 bridgehead atoms. The summed E-state index contributed by atoms with van der Waals surface area (Å²) in [5.74, 6) is 0. The molecule has 0 aromatic carbocycles. The molecule has 1 atom stereocenters. The molecule has 0 saturated carbocycles. The van der Waals surface area contributed by atoms with Gasteiger partial charge in [0.15, 0.2) is 23.5 Å². The van der Waals surface area contributed by atoms with Crippen LogP contribution < -0.4 is 0 Å². The largest absolute Gasteiger partial charge is 0.756 e. The normalized spacial score (nSPS) is 7.71. The van der Waals surface area contributed by atoms with E-state index < -0.39 is 8.25 Å². The molecule has 0 amide bonds. The second-order valence-electron chi connectivity index (χ2n) is 0.447. The maximum absolute atomic E-state index is 9.38. The molecule has 1 unspecified atom stereocenters. The van der Waals surface area contributed by atoms with Gasteiger partial charge in [-0.2, -0.15) is 4.52 Å². The molecule has 0 aliphatic rings. The predicted molar refractivity (Wildman–Crippen MR) is 29.7 cm³/mol. The zero-order valence-electron chi connectivity index (χ0n) is 2.79. The summed E-state index contributed by atoms with van der Waals surface area (Å²) in [6.45, 7) is 0. The van der Waals surface area contributed by atoms with Crippen molar-refractivity contribution >= 4 is 25.6 Å². The van der Waals surface area contributed by atoms with Gasteiger partial charge in [0.1, 0.15) is 0 Å². The standard InChI is InChI=1S/C2HO3P.Al.3H/c1-2-5-6(3)4;;;;/h1H;;;;/p+1. The van der Waals surface area contributed by atoms with E-state index in [-0.39, 0.29) is 17.4 Å². The van der Waals surface area contributed by atoms with Crippen LogP contribution in [0.15, 0.2) is 0 Å². The lowest BCUT2D eigenvalue weighted by atomic mass is 11.3. The van der Waals surface area contributed by atoms with Crippen LogP contribution in [-0.4, -0.2) is 22.3 Å². The number of hydrogen-bond donors (Lipinski definition) is 1. The van der Waals surface area contributed by atoms with Crippen molar-refractivity contribution in [2.75, 3.05) is 0 Å². The lowest BCUT2D eigenvalue weighted by Gasteiger charge is -1.58. The van der Waals surface area contributed by atoms with E-state index in [2.05, 4.69) is 10.9 Å². The van der Waals surface area contributed by atoms with E-state index in [9.17, 15) is 4.57 Å². The minimum atomic E-state index is -2.59. The van der Waals surface area contributed by atoms with Gasteiger partial charge in [0.2, 0.25) is 0 Å². The van der Waals surface area contributed by atoms with Gasteiger partial charge in [0.05, 0.1) is 0 Å². The zero-order chi connectivity index (χ0) is 4.99. The second kappa shape index (κ2) is 5.95. The van der Waals surface area contributed by atoms with E-state index in [1.807, 2.05) is 0 Å². The Kier molecular flexibility index (Phi) is 8.54. The fourth-order valence-electron chi connectivity index (χ4n) is 0.0451. The van der Waals surface area contributed by atoms with Crippen molar-refractivity contribution in [3.63, 3.8) is 0 Å². The van der Waals surface area contributed by atoms with Crippen LogP contribution in [0.1, 0.15) is 0 Å². The van der Waals surface area contributed by atoms with Crippen LogP contribution in [0.2, 0.25) is 0 Å². The summed E-state index contributed by atoms with van der Waals surface area (Å²) in [4.78, 5) is 7.70. The summed E-state index contributed by atoms with van der Waals surface area (Å²) in [6.07, 6.45) is 5.95. The topological polar surface area (TPSA) is 46.5 Å². The molecule has 0 aromatic heterocycles. The molecule has 0 rings (SSSR count). The summed E-state index contributed by atoms with van der Waals surface area (Å²) in [6, 6.07) is 0. The van der Waals surface area contributed by atoms with E-state index in [1.54, 1.807) is 0 Å². The van der Waals surface area contributed by atoms with Crippen LogP contribution >= 0.6 is 8.25 Å². The quantitative estimate of drug-likeness (QED) is 0.286. The van der Waals surface area contributed by atoms with Crippen molar-refractivity contribution in [2.24, 2.45) is 0 Å². The number of rotatable bonds is 1. The first-order valence-corrected chi connectivity index (χ1v) is 2.19. The van der Waals surface area contributed by atoms with Gasteiger partial charge in [-0.25, -0.2) is 0 Å². The van der Waals surface area contributed by atoms with Crippen LogP contribution in [-0.2, 0) is 9.09 Å². The average Bonchev–Trinajstić information content (AvgIpc) is 1.35. The molecule has 0 aliphatic carbocycles. The zero-order valence-corrected chi connectivity index (χ0v) is 3.68. The molecular weight excluding hydrogens is 130 g/mol. The lowest BCUT2D eigenvalue weighted by molar-refractivity contribution is 0.394. The van der Waals surface area contributed by atoms with Crippen LogP contribution in [0.3, 0.4) is 0 Å². The van der Waals surface area contributed by atoms with E-state index in [4.69, 9.17) is 4.89 Å². The molecule has 0 aromatic rings. The van der Waals surface area contributed by atoms with Gasteiger partial charge in [-0.15, -0.1) is 4.89 Å².